The van der Waals surface area contributed by atoms with Crippen LogP contribution in [0.5, 0.6) is 11.5 Å². The minimum absolute atomic E-state index is 0. The van der Waals surface area contributed by atoms with Crippen LogP contribution in [0.15, 0.2) is 23.2 Å². The van der Waals surface area contributed by atoms with E-state index in [0.717, 1.165) is 18.4 Å². The Labute approximate surface area is 151 Å². The van der Waals surface area contributed by atoms with Crippen molar-refractivity contribution >= 4 is 29.9 Å². The number of nitrogens with zero attached hydrogens (tertiary/aromatic N) is 2. The molecule has 0 saturated heterocycles. The van der Waals surface area contributed by atoms with E-state index in [9.17, 15) is 8.78 Å². The molecule has 0 radical (unpaired) electrons. The third kappa shape index (κ3) is 6.00. The molecule has 8 heteroatoms. The van der Waals surface area contributed by atoms with E-state index in [2.05, 4.69) is 9.73 Å². The highest BCUT2D eigenvalue weighted by molar-refractivity contribution is 14.0. The molecule has 0 heterocycles. The fraction of sp³-hybridized carbons (Fsp3) is 0.533. The normalized spacial score (nSPS) is 14.4. The second kappa shape index (κ2) is 9.09. The van der Waals surface area contributed by atoms with Gasteiger partial charge in [0.05, 0.1) is 7.11 Å². The molecule has 0 aromatic heterocycles. The molecule has 0 spiro atoms. The second-order valence-corrected chi connectivity index (χ2v) is 5.20. The quantitative estimate of drug-likeness (QED) is 0.402. The van der Waals surface area contributed by atoms with Crippen LogP contribution in [0.3, 0.4) is 0 Å². The van der Waals surface area contributed by atoms with Crippen molar-refractivity contribution in [2.75, 3.05) is 20.7 Å². The van der Waals surface area contributed by atoms with Gasteiger partial charge >= 0.3 is 6.61 Å². The Morgan fingerprint density at radius 1 is 1.39 bits per heavy atom. The molecule has 1 fully saturated rings. The summed E-state index contributed by atoms with van der Waals surface area (Å²) in [4.78, 5) is 6.29. The molecule has 130 valence electrons. The number of nitrogens with two attached hydrogens (primary N) is 1. The molecule has 2 rings (SSSR count). The molecule has 5 nitrogen and oxygen atoms in total. The first-order valence-electron chi connectivity index (χ1n) is 7.15. The number of halogens is 3. The first-order chi connectivity index (χ1) is 10.5. The maximum Gasteiger partial charge on any atom is 0.387 e. The third-order valence-electron chi connectivity index (χ3n) is 3.57. The van der Waals surface area contributed by atoms with Crippen molar-refractivity contribution in [3.05, 3.63) is 23.8 Å². The average Bonchev–Trinajstić information content (AvgIpc) is 3.30. The molecular weight excluding hydrogens is 419 g/mol. The summed E-state index contributed by atoms with van der Waals surface area (Å²) in [7, 11) is 3.34. The summed E-state index contributed by atoms with van der Waals surface area (Å²) in [6, 6.07) is 5.46. The van der Waals surface area contributed by atoms with Crippen LogP contribution in [0.25, 0.3) is 0 Å². The van der Waals surface area contributed by atoms with Crippen molar-refractivity contribution in [1.29, 1.82) is 0 Å². The predicted octanol–water partition coefficient (Wildman–Crippen LogP) is 2.87. The highest BCUT2D eigenvalue weighted by Crippen LogP contribution is 2.29. The van der Waals surface area contributed by atoms with Crippen molar-refractivity contribution in [3.63, 3.8) is 0 Å². The van der Waals surface area contributed by atoms with E-state index in [0.29, 0.717) is 25.0 Å². The summed E-state index contributed by atoms with van der Waals surface area (Å²) in [5.74, 6) is 0.822. The molecule has 0 bridgehead atoms. The van der Waals surface area contributed by atoms with Crippen LogP contribution in [0, 0.1) is 0 Å². The first kappa shape index (κ1) is 19.7. The van der Waals surface area contributed by atoms with Crippen LogP contribution >= 0.6 is 24.0 Å². The second-order valence-electron chi connectivity index (χ2n) is 5.20. The van der Waals surface area contributed by atoms with Gasteiger partial charge in [0.15, 0.2) is 17.5 Å². The number of methoxy groups -OCH3 is 1. The van der Waals surface area contributed by atoms with Crippen molar-refractivity contribution < 1.29 is 18.3 Å². The molecule has 0 aliphatic heterocycles. The molecule has 1 aromatic rings. The molecule has 2 N–H and O–H groups in total. The number of aliphatic imine (C=N–C) groups is 1. The maximum atomic E-state index is 12.4. The van der Waals surface area contributed by atoms with Gasteiger partial charge in [0, 0.05) is 19.6 Å². The number of hydrogen-bond acceptors (Lipinski definition) is 3. The minimum Gasteiger partial charge on any atom is -0.493 e. The standard InChI is InChI=1S/C15H21F2N3O2.HI/c1-20(11-4-5-11)15(18)19-8-7-10-3-6-12(21-2)13(9-10)22-14(16)17;/h3,6,9,11,14H,4-5,7-8H2,1-2H3,(H2,18,19);1H. The van der Waals surface area contributed by atoms with Crippen LogP contribution in [-0.2, 0) is 6.42 Å². The monoisotopic (exact) mass is 441 g/mol. The highest BCUT2D eigenvalue weighted by atomic mass is 127. The molecule has 23 heavy (non-hydrogen) atoms. The van der Waals surface area contributed by atoms with Gasteiger partial charge in [-0.3, -0.25) is 4.99 Å². The molecule has 0 unspecified atom stereocenters. The largest absolute Gasteiger partial charge is 0.493 e. The van der Waals surface area contributed by atoms with Crippen molar-refractivity contribution in [2.45, 2.75) is 31.9 Å². The van der Waals surface area contributed by atoms with Crippen LogP contribution in [0.1, 0.15) is 18.4 Å². The zero-order valence-corrected chi connectivity index (χ0v) is 15.5. The molecule has 1 aliphatic rings. The summed E-state index contributed by atoms with van der Waals surface area (Å²) in [5, 5.41) is 0. The van der Waals surface area contributed by atoms with E-state index in [1.807, 2.05) is 11.9 Å². The number of ether oxygens (including phenoxy) is 2. The van der Waals surface area contributed by atoms with Gasteiger partial charge in [0.25, 0.3) is 0 Å². The Kier molecular flexibility index (Phi) is 7.80. The lowest BCUT2D eigenvalue weighted by molar-refractivity contribution is -0.0512. The summed E-state index contributed by atoms with van der Waals surface area (Å²) in [5.41, 5.74) is 6.73. The van der Waals surface area contributed by atoms with E-state index >= 15 is 0 Å². The minimum atomic E-state index is -2.88. The highest BCUT2D eigenvalue weighted by Gasteiger charge is 2.27. The van der Waals surface area contributed by atoms with Gasteiger partial charge in [0.1, 0.15) is 0 Å². The number of alkyl halides is 2. The fourth-order valence-corrected chi connectivity index (χ4v) is 2.12. The number of rotatable bonds is 7. The van der Waals surface area contributed by atoms with Gasteiger partial charge in [-0.25, -0.2) is 0 Å². The average molecular weight is 441 g/mol. The van der Waals surface area contributed by atoms with Crippen LogP contribution in [-0.4, -0.2) is 44.2 Å². The Morgan fingerprint density at radius 2 is 2.09 bits per heavy atom. The molecule has 0 atom stereocenters. The summed E-state index contributed by atoms with van der Waals surface area (Å²) in [6.45, 7) is -2.39. The van der Waals surface area contributed by atoms with E-state index in [1.165, 1.54) is 7.11 Å². The lowest BCUT2D eigenvalue weighted by Gasteiger charge is -2.16. The van der Waals surface area contributed by atoms with E-state index < -0.39 is 6.61 Å². The van der Waals surface area contributed by atoms with Gasteiger partial charge < -0.3 is 20.1 Å². The Balaban J connectivity index is 0.00000264. The van der Waals surface area contributed by atoms with Crippen molar-refractivity contribution in [3.8, 4) is 11.5 Å². The number of benzene rings is 1. The molecule has 1 aliphatic carbocycles. The molecule has 0 amide bonds. The van der Waals surface area contributed by atoms with Gasteiger partial charge in [-0.1, -0.05) is 6.07 Å². The van der Waals surface area contributed by atoms with E-state index in [4.69, 9.17) is 10.5 Å². The third-order valence-corrected chi connectivity index (χ3v) is 3.57. The Morgan fingerprint density at radius 3 is 2.65 bits per heavy atom. The first-order valence-corrected chi connectivity index (χ1v) is 7.15. The molecule has 1 aromatic carbocycles. The van der Waals surface area contributed by atoms with Crippen molar-refractivity contribution in [1.82, 2.24) is 4.90 Å². The van der Waals surface area contributed by atoms with Gasteiger partial charge in [-0.15, -0.1) is 24.0 Å². The smallest absolute Gasteiger partial charge is 0.387 e. The number of hydrogen-bond donors (Lipinski definition) is 1. The van der Waals surface area contributed by atoms with Gasteiger partial charge in [-0.05, 0) is 37.0 Å². The topological polar surface area (TPSA) is 60.1 Å². The molecule has 1 saturated carbocycles. The molecular formula is C15H22F2IN3O2. The summed E-state index contributed by atoms with van der Waals surface area (Å²) >= 11 is 0. The van der Waals surface area contributed by atoms with Gasteiger partial charge in [0.2, 0.25) is 0 Å². The summed E-state index contributed by atoms with van der Waals surface area (Å²) < 4.78 is 34.2. The summed E-state index contributed by atoms with van der Waals surface area (Å²) in [6.07, 6.45) is 2.89. The van der Waals surface area contributed by atoms with Crippen molar-refractivity contribution in [2.24, 2.45) is 10.7 Å². The van der Waals surface area contributed by atoms with E-state index in [1.54, 1.807) is 18.2 Å². The zero-order valence-electron chi connectivity index (χ0n) is 13.2. The predicted molar refractivity (Wildman–Crippen MR) is 96.0 cm³/mol. The lowest BCUT2D eigenvalue weighted by Crippen LogP contribution is -2.35. The van der Waals surface area contributed by atoms with Crippen LogP contribution in [0.2, 0.25) is 0 Å². The zero-order chi connectivity index (χ0) is 16.1. The van der Waals surface area contributed by atoms with Gasteiger partial charge in [-0.2, -0.15) is 8.78 Å². The fourth-order valence-electron chi connectivity index (χ4n) is 2.12. The number of guanidine groups is 1. The SMILES string of the molecule is COc1ccc(CCN=C(N)N(C)C2CC2)cc1OC(F)F.I. The lowest BCUT2D eigenvalue weighted by atomic mass is 10.1. The van der Waals surface area contributed by atoms with E-state index in [-0.39, 0.29) is 35.5 Å². The van der Waals surface area contributed by atoms with Crippen LogP contribution < -0.4 is 15.2 Å². The van der Waals surface area contributed by atoms with Crippen LogP contribution in [0.4, 0.5) is 8.78 Å². The maximum absolute atomic E-state index is 12.4. The Bertz CT molecular complexity index is 539. The Hall–Kier alpha value is -1.32.